The molecule has 1 saturated carbocycles. The maximum atomic E-state index is 12.2. The van der Waals surface area contributed by atoms with Gasteiger partial charge in [0.05, 0.1) is 18.6 Å². The fourth-order valence-electron chi connectivity index (χ4n) is 2.73. The summed E-state index contributed by atoms with van der Waals surface area (Å²) in [5.41, 5.74) is 1.18. The van der Waals surface area contributed by atoms with Gasteiger partial charge in [-0.1, -0.05) is 30.3 Å². The quantitative estimate of drug-likeness (QED) is 0.793. The first-order valence-electron chi connectivity index (χ1n) is 7.38. The molecule has 1 unspecified atom stereocenters. The molecule has 1 aromatic carbocycles. The highest BCUT2D eigenvalue weighted by molar-refractivity contribution is 6.52. The molecular formula is C16H19Cl2NO2. The molecule has 3 nitrogen and oxygen atoms in total. The lowest BCUT2D eigenvalue weighted by molar-refractivity contribution is -0.135. The van der Waals surface area contributed by atoms with E-state index in [1.165, 1.54) is 5.56 Å². The van der Waals surface area contributed by atoms with Crippen molar-refractivity contribution < 1.29 is 9.53 Å². The Balaban J connectivity index is 1.42. The van der Waals surface area contributed by atoms with Crippen LogP contribution in [0, 0.1) is 5.92 Å². The third kappa shape index (κ3) is 3.71. The molecule has 2 aliphatic rings. The summed E-state index contributed by atoms with van der Waals surface area (Å²) in [6.45, 7) is 2.10. The fourth-order valence-corrected chi connectivity index (χ4v) is 3.23. The molecule has 1 aliphatic carbocycles. The normalized spacial score (nSPS) is 24.9. The third-order valence-corrected chi connectivity index (χ3v) is 5.04. The number of carbonyl (C=O) groups excluding carboxylic acids is 1. The second-order valence-electron chi connectivity index (χ2n) is 5.84. The predicted molar refractivity (Wildman–Crippen MR) is 83.4 cm³/mol. The smallest absolute Gasteiger partial charge is 0.228 e. The molecule has 2 fully saturated rings. The van der Waals surface area contributed by atoms with Crippen molar-refractivity contribution in [3.8, 4) is 0 Å². The number of amides is 1. The molecule has 1 saturated heterocycles. The number of piperidine rings is 1. The summed E-state index contributed by atoms with van der Waals surface area (Å²) in [5.74, 6) is -0.107. The Hall–Kier alpha value is -0.770. The van der Waals surface area contributed by atoms with Crippen molar-refractivity contribution in [3.63, 3.8) is 0 Å². The maximum Gasteiger partial charge on any atom is 0.228 e. The van der Waals surface area contributed by atoms with E-state index in [2.05, 4.69) is 12.1 Å². The first kappa shape index (κ1) is 15.1. The Bertz CT molecular complexity index is 498. The van der Waals surface area contributed by atoms with E-state index in [4.69, 9.17) is 27.9 Å². The number of halogens is 2. The summed E-state index contributed by atoms with van der Waals surface area (Å²) >= 11 is 11.9. The number of alkyl halides is 2. The number of likely N-dealkylation sites (tertiary alicyclic amines) is 1. The fraction of sp³-hybridized carbons (Fsp3) is 0.562. The molecule has 0 spiro atoms. The highest BCUT2D eigenvalue weighted by atomic mass is 35.5. The minimum Gasteiger partial charge on any atom is -0.373 e. The van der Waals surface area contributed by atoms with Gasteiger partial charge in [-0.25, -0.2) is 0 Å². The molecule has 1 heterocycles. The highest BCUT2D eigenvalue weighted by Gasteiger charge is 2.57. The summed E-state index contributed by atoms with van der Waals surface area (Å²) in [5, 5.41) is 0. The van der Waals surface area contributed by atoms with E-state index >= 15 is 0 Å². The largest absolute Gasteiger partial charge is 0.373 e. The number of benzene rings is 1. The minimum atomic E-state index is -0.822. The lowest BCUT2D eigenvalue weighted by Crippen LogP contribution is -2.42. The van der Waals surface area contributed by atoms with Gasteiger partial charge in [0.25, 0.3) is 0 Å². The Kier molecular flexibility index (Phi) is 4.43. The van der Waals surface area contributed by atoms with E-state index in [1.54, 1.807) is 0 Å². The van der Waals surface area contributed by atoms with E-state index < -0.39 is 4.33 Å². The van der Waals surface area contributed by atoms with Gasteiger partial charge in [-0.3, -0.25) is 4.79 Å². The molecule has 0 N–H and O–H groups in total. The average Bonchev–Trinajstić information content (AvgIpc) is 3.15. The number of rotatable bonds is 4. The number of hydrogen-bond acceptors (Lipinski definition) is 2. The van der Waals surface area contributed by atoms with Gasteiger partial charge in [-0.05, 0) is 24.8 Å². The van der Waals surface area contributed by atoms with E-state index in [1.807, 2.05) is 23.1 Å². The van der Waals surface area contributed by atoms with Crippen LogP contribution in [0.25, 0.3) is 0 Å². The Labute approximate surface area is 135 Å². The zero-order valence-electron chi connectivity index (χ0n) is 11.8. The van der Waals surface area contributed by atoms with Gasteiger partial charge in [0.2, 0.25) is 5.91 Å². The van der Waals surface area contributed by atoms with E-state index in [9.17, 15) is 4.79 Å². The summed E-state index contributed by atoms with van der Waals surface area (Å²) < 4.78 is 5.10. The van der Waals surface area contributed by atoms with Crippen LogP contribution in [-0.2, 0) is 16.1 Å². The molecule has 0 bridgehead atoms. The third-order valence-electron chi connectivity index (χ3n) is 4.21. The van der Waals surface area contributed by atoms with Crippen LogP contribution >= 0.6 is 23.2 Å². The van der Waals surface area contributed by atoms with Crippen molar-refractivity contribution in [2.75, 3.05) is 13.1 Å². The van der Waals surface area contributed by atoms with Gasteiger partial charge < -0.3 is 9.64 Å². The van der Waals surface area contributed by atoms with E-state index in [0.29, 0.717) is 13.0 Å². The van der Waals surface area contributed by atoms with Gasteiger partial charge in [-0.15, -0.1) is 23.2 Å². The first-order valence-corrected chi connectivity index (χ1v) is 8.14. The molecule has 5 heteroatoms. The van der Waals surface area contributed by atoms with Crippen molar-refractivity contribution in [2.24, 2.45) is 5.92 Å². The number of hydrogen-bond donors (Lipinski definition) is 0. The van der Waals surface area contributed by atoms with Crippen LogP contribution in [0.2, 0.25) is 0 Å². The van der Waals surface area contributed by atoms with Crippen molar-refractivity contribution >= 4 is 29.1 Å². The lowest BCUT2D eigenvalue weighted by Gasteiger charge is -2.32. The van der Waals surface area contributed by atoms with Crippen LogP contribution in [0.4, 0.5) is 0 Å². The standard InChI is InChI=1S/C16H19Cl2NO2/c17-16(18)10-14(16)15(20)19-8-6-13(7-9-19)21-11-12-4-2-1-3-5-12/h1-5,13-14H,6-11H2. The summed E-state index contributed by atoms with van der Waals surface area (Å²) in [6, 6.07) is 10.2. The van der Waals surface area contributed by atoms with Crippen molar-refractivity contribution in [1.82, 2.24) is 4.90 Å². The second-order valence-corrected chi connectivity index (χ2v) is 7.38. The van der Waals surface area contributed by atoms with Crippen molar-refractivity contribution in [2.45, 2.75) is 36.3 Å². The zero-order chi connectivity index (χ0) is 14.9. The Morgan fingerprint density at radius 1 is 1.24 bits per heavy atom. The van der Waals surface area contributed by atoms with E-state index in [0.717, 1.165) is 25.9 Å². The molecule has 1 atom stereocenters. The summed E-state index contributed by atoms with van der Waals surface area (Å²) in [4.78, 5) is 14.1. The first-order chi connectivity index (χ1) is 10.1. The molecule has 1 amide bonds. The van der Waals surface area contributed by atoms with Gasteiger partial charge in [-0.2, -0.15) is 0 Å². The number of nitrogens with zero attached hydrogens (tertiary/aromatic N) is 1. The van der Waals surface area contributed by atoms with Crippen LogP contribution in [0.3, 0.4) is 0 Å². The molecule has 1 aliphatic heterocycles. The van der Waals surface area contributed by atoms with Gasteiger partial charge in [0.15, 0.2) is 0 Å². The maximum absolute atomic E-state index is 12.2. The van der Waals surface area contributed by atoms with Gasteiger partial charge >= 0.3 is 0 Å². The Morgan fingerprint density at radius 3 is 2.43 bits per heavy atom. The average molecular weight is 328 g/mol. The lowest BCUT2D eigenvalue weighted by atomic mass is 10.1. The molecule has 1 aromatic rings. The summed E-state index contributed by atoms with van der Waals surface area (Å²) in [7, 11) is 0. The van der Waals surface area contributed by atoms with Gasteiger partial charge in [0, 0.05) is 13.1 Å². The molecule has 21 heavy (non-hydrogen) atoms. The van der Waals surface area contributed by atoms with Crippen LogP contribution < -0.4 is 0 Å². The van der Waals surface area contributed by atoms with E-state index in [-0.39, 0.29) is 17.9 Å². The van der Waals surface area contributed by atoms with Crippen molar-refractivity contribution in [1.29, 1.82) is 0 Å². The molecule has 114 valence electrons. The minimum absolute atomic E-state index is 0.0986. The molecule has 3 rings (SSSR count). The van der Waals surface area contributed by atoms with Crippen LogP contribution in [0.15, 0.2) is 30.3 Å². The van der Waals surface area contributed by atoms with Crippen LogP contribution in [-0.4, -0.2) is 34.3 Å². The van der Waals surface area contributed by atoms with Crippen LogP contribution in [0.1, 0.15) is 24.8 Å². The molecule has 0 aromatic heterocycles. The SMILES string of the molecule is O=C(C1CC1(Cl)Cl)N1CCC(OCc2ccccc2)CC1. The van der Waals surface area contributed by atoms with Crippen LogP contribution in [0.5, 0.6) is 0 Å². The monoisotopic (exact) mass is 327 g/mol. The topological polar surface area (TPSA) is 29.5 Å². The summed E-state index contributed by atoms with van der Waals surface area (Å²) in [6.07, 6.45) is 2.57. The number of ether oxygens (including phenoxy) is 1. The van der Waals surface area contributed by atoms with Gasteiger partial charge in [0.1, 0.15) is 4.33 Å². The zero-order valence-corrected chi connectivity index (χ0v) is 13.3. The molecule has 0 radical (unpaired) electrons. The van der Waals surface area contributed by atoms with Crippen molar-refractivity contribution in [3.05, 3.63) is 35.9 Å². The second kappa shape index (κ2) is 6.15. The Morgan fingerprint density at radius 2 is 1.86 bits per heavy atom. The highest BCUT2D eigenvalue weighted by Crippen LogP contribution is 2.54. The molecular weight excluding hydrogens is 309 g/mol. The predicted octanol–water partition coefficient (Wildman–Crippen LogP) is 3.39. The number of carbonyl (C=O) groups is 1.